The number of rotatable bonds is 6. The second-order valence-corrected chi connectivity index (χ2v) is 9.47. The molecule has 1 saturated carbocycles. The number of nitrogens with one attached hydrogen (secondary N) is 1. The van der Waals surface area contributed by atoms with Crippen LogP contribution in [-0.4, -0.2) is 49.1 Å². The fourth-order valence-electron chi connectivity index (χ4n) is 4.98. The van der Waals surface area contributed by atoms with Crippen LogP contribution in [0.1, 0.15) is 31.5 Å². The van der Waals surface area contributed by atoms with Crippen molar-refractivity contribution in [2.45, 2.75) is 38.5 Å². The Kier molecular flexibility index (Phi) is 5.97. The molecule has 3 heterocycles. The van der Waals surface area contributed by atoms with Gasteiger partial charge in [0.25, 0.3) is 0 Å². The maximum Gasteiger partial charge on any atom is 0.239 e. The smallest absolute Gasteiger partial charge is 0.239 e. The van der Waals surface area contributed by atoms with Crippen molar-refractivity contribution in [2.75, 3.05) is 7.05 Å². The number of carbonyl (C=O) groups excluding carboxylic acids is 1. The second-order valence-electron chi connectivity index (χ2n) is 8.72. The number of aromatic nitrogens is 6. The normalized spacial score (nSPS) is 20.4. The zero-order chi connectivity index (χ0) is 23.9. The van der Waals surface area contributed by atoms with E-state index in [1.165, 1.54) is 7.05 Å². The minimum absolute atomic E-state index is 0.0456. The molecule has 0 saturated heterocycles. The minimum atomic E-state index is -2.53. The number of benzene rings is 1. The summed E-state index contributed by atoms with van der Waals surface area (Å²) in [5, 5.41) is 7.91. The van der Waals surface area contributed by atoms with Crippen LogP contribution in [0.4, 0.5) is 8.78 Å². The third-order valence-electron chi connectivity index (χ3n) is 6.56. The maximum atomic E-state index is 13.2. The summed E-state index contributed by atoms with van der Waals surface area (Å²) in [6.07, 6.45) is 4.05. The van der Waals surface area contributed by atoms with Crippen molar-refractivity contribution < 1.29 is 13.6 Å². The van der Waals surface area contributed by atoms with E-state index in [1.807, 2.05) is 18.2 Å². The Bertz CT molecular complexity index is 1380. The van der Waals surface area contributed by atoms with Gasteiger partial charge in [0.15, 0.2) is 5.65 Å². The highest BCUT2D eigenvalue weighted by molar-refractivity contribution is 9.10. The summed E-state index contributed by atoms with van der Waals surface area (Å²) in [5.41, 5.74) is 1.90. The van der Waals surface area contributed by atoms with E-state index in [-0.39, 0.29) is 11.8 Å². The van der Waals surface area contributed by atoms with Gasteiger partial charge in [-0.25, -0.2) is 23.4 Å². The third kappa shape index (κ3) is 4.13. The predicted octanol–water partition coefficient (Wildman–Crippen LogP) is 4.25. The molecule has 0 unspecified atom stereocenters. The van der Waals surface area contributed by atoms with E-state index in [4.69, 9.17) is 4.98 Å². The average Bonchev–Trinajstić information content (AvgIpc) is 3.39. The quantitative estimate of drug-likeness (QED) is 0.400. The first kappa shape index (κ1) is 22.7. The van der Waals surface area contributed by atoms with Gasteiger partial charge in [0.05, 0.1) is 27.5 Å². The Morgan fingerprint density at radius 1 is 1.26 bits per heavy atom. The molecule has 5 rings (SSSR count). The second kappa shape index (κ2) is 8.94. The molecule has 1 aliphatic rings. The Balaban J connectivity index is 1.45. The number of amides is 1. The highest BCUT2D eigenvalue weighted by Crippen LogP contribution is 2.47. The van der Waals surface area contributed by atoms with Crippen molar-refractivity contribution in [3.63, 3.8) is 0 Å². The van der Waals surface area contributed by atoms with Gasteiger partial charge in [0.2, 0.25) is 12.3 Å². The van der Waals surface area contributed by atoms with Gasteiger partial charge >= 0.3 is 0 Å². The van der Waals surface area contributed by atoms with E-state index in [1.54, 1.807) is 23.3 Å². The topological polar surface area (TPSA) is 98.5 Å². The largest absolute Gasteiger partial charge is 0.359 e. The summed E-state index contributed by atoms with van der Waals surface area (Å²) in [7, 11) is 1.50. The van der Waals surface area contributed by atoms with Crippen LogP contribution in [0, 0.1) is 11.3 Å². The van der Waals surface area contributed by atoms with Crippen molar-refractivity contribution in [3.05, 3.63) is 47.2 Å². The van der Waals surface area contributed by atoms with E-state index >= 15 is 0 Å². The molecule has 176 valence electrons. The summed E-state index contributed by atoms with van der Waals surface area (Å²) < 4.78 is 28.8. The fourth-order valence-corrected chi connectivity index (χ4v) is 5.42. The number of hydrogen-bond donors (Lipinski definition) is 1. The van der Waals surface area contributed by atoms with Crippen LogP contribution in [0.2, 0.25) is 0 Å². The number of hydrogen-bond acceptors (Lipinski definition) is 6. The zero-order valence-electron chi connectivity index (χ0n) is 18.4. The Labute approximate surface area is 202 Å². The standard InChI is InChI=1S/C23H22BrF2N7O/c1-27-22(34)23(11-18(25)26)5-4-13(10-23)8-19-30-12-15-20(24)32-33(21(15)31-19)14-2-3-16-17(9-14)29-7-6-28-16/h2-3,6-7,9,12-13,18H,4-5,8,10-11H2,1H3,(H,27,34)/t13-,23+/m0/s1. The first-order valence-corrected chi connectivity index (χ1v) is 11.8. The lowest BCUT2D eigenvalue weighted by Crippen LogP contribution is -2.39. The summed E-state index contributed by atoms with van der Waals surface area (Å²) in [6, 6.07) is 5.67. The van der Waals surface area contributed by atoms with Crippen LogP contribution in [0.25, 0.3) is 27.8 Å². The summed E-state index contributed by atoms with van der Waals surface area (Å²) in [5.74, 6) is 0.328. The molecule has 0 aliphatic heterocycles. The van der Waals surface area contributed by atoms with Crippen molar-refractivity contribution in [3.8, 4) is 5.69 Å². The molecule has 1 aromatic carbocycles. The molecular formula is C23H22BrF2N7O. The summed E-state index contributed by atoms with van der Waals surface area (Å²) in [4.78, 5) is 30.4. The first-order valence-electron chi connectivity index (χ1n) is 11.0. The molecule has 2 atom stereocenters. The Hall–Kier alpha value is -3.08. The molecule has 0 bridgehead atoms. The highest BCUT2D eigenvalue weighted by atomic mass is 79.9. The SMILES string of the molecule is CNC(=O)[C@]1(CC(F)F)CC[C@@H](Cc2ncc3c(Br)nn(-c4ccc5nccnc5c4)c3n2)C1. The Morgan fingerprint density at radius 2 is 2.06 bits per heavy atom. The zero-order valence-corrected chi connectivity index (χ0v) is 20.0. The molecule has 3 aromatic heterocycles. The monoisotopic (exact) mass is 529 g/mol. The van der Waals surface area contributed by atoms with E-state index in [0.717, 1.165) is 22.1 Å². The lowest BCUT2D eigenvalue weighted by Gasteiger charge is -2.27. The summed E-state index contributed by atoms with van der Waals surface area (Å²) >= 11 is 3.48. The van der Waals surface area contributed by atoms with Crippen molar-refractivity contribution in [1.82, 2.24) is 35.0 Å². The molecule has 8 nitrogen and oxygen atoms in total. The molecule has 1 aliphatic carbocycles. The molecule has 4 aromatic rings. The lowest BCUT2D eigenvalue weighted by molar-refractivity contribution is -0.133. The molecular weight excluding hydrogens is 508 g/mol. The minimum Gasteiger partial charge on any atom is -0.359 e. The van der Waals surface area contributed by atoms with Crippen molar-refractivity contribution in [2.24, 2.45) is 11.3 Å². The van der Waals surface area contributed by atoms with Crippen molar-refractivity contribution in [1.29, 1.82) is 0 Å². The maximum absolute atomic E-state index is 13.2. The van der Waals surface area contributed by atoms with Gasteiger partial charge in [-0.15, -0.1) is 0 Å². The molecule has 1 N–H and O–H groups in total. The van der Waals surface area contributed by atoms with Crippen LogP contribution >= 0.6 is 15.9 Å². The van der Waals surface area contributed by atoms with E-state index in [2.05, 4.69) is 41.3 Å². The third-order valence-corrected chi connectivity index (χ3v) is 7.15. The van der Waals surface area contributed by atoms with Gasteiger partial charge in [-0.1, -0.05) is 0 Å². The van der Waals surface area contributed by atoms with Crippen LogP contribution in [0.5, 0.6) is 0 Å². The molecule has 34 heavy (non-hydrogen) atoms. The number of nitrogens with zero attached hydrogens (tertiary/aromatic N) is 6. The van der Waals surface area contributed by atoms with Gasteiger partial charge in [-0.05, 0) is 59.3 Å². The number of fused-ring (bicyclic) bond motifs is 2. The van der Waals surface area contributed by atoms with E-state index in [0.29, 0.717) is 41.8 Å². The van der Waals surface area contributed by atoms with E-state index < -0.39 is 18.3 Å². The van der Waals surface area contributed by atoms with Crippen LogP contribution in [0.15, 0.2) is 41.4 Å². The van der Waals surface area contributed by atoms with E-state index in [9.17, 15) is 13.6 Å². The van der Waals surface area contributed by atoms with Gasteiger partial charge in [0, 0.05) is 38.5 Å². The molecule has 1 fully saturated rings. The number of halogens is 3. The fraction of sp³-hybridized carbons (Fsp3) is 0.391. The molecule has 0 spiro atoms. The Morgan fingerprint density at radius 3 is 2.82 bits per heavy atom. The van der Waals surface area contributed by atoms with Gasteiger partial charge in [-0.2, -0.15) is 5.10 Å². The highest BCUT2D eigenvalue weighted by Gasteiger charge is 2.46. The number of alkyl halides is 2. The first-order chi connectivity index (χ1) is 16.4. The average molecular weight is 530 g/mol. The predicted molar refractivity (Wildman–Crippen MR) is 126 cm³/mol. The van der Waals surface area contributed by atoms with Gasteiger partial charge in [-0.3, -0.25) is 14.8 Å². The van der Waals surface area contributed by atoms with Crippen LogP contribution in [0.3, 0.4) is 0 Å². The van der Waals surface area contributed by atoms with Gasteiger partial charge < -0.3 is 5.32 Å². The number of carbonyl (C=O) groups is 1. The van der Waals surface area contributed by atoms with Crippen LogP contribution in [-0.2, 0) is 11.2 Å². The molecule has 11 heteroatoms. The summed E-state index contributed by atoms with van der Waals surface area (Å²) in [6.45, 7) is 0. The lowest BCUT2D eigenvalue weighted by atomic mass is 9.80. The molecule has 1 amide bonds. The van der Waals surface area contributed by atoms with Crippen LogP contribution < -0.4 is 5.32 Å². The molecule has 0 radical (unpaired) electrons. The van der Waals surface area contributed by atoms with Crippen molar-refractivity contribution >= 4 is 43.9 Å². The van der Waals surface area contributed by atoms with Gasteiger partial charge in [0.1, 0.15) is 10.4 Å².